The Morgan fingerprint density at radius 1 is 1.33 bits per heavy atom. The molecule has 0 aromatic carbocycles. The highest BCUT2D eigenvalue weighted by Gasteiger charge is 2.15. The standard InChI is InChI=1S/C14H23N3O/c1-9(2)5-7-12(15)14(18)17-13-8-6-10(3)16-11(13)4/h6,8-9,12H,5,7,15H2,1-4H3,(H,17,18). The van der Waals surface area contributed by atoms with Gasteiger partial charge in [0.25, 0.3) is 0 Å². The molecule has 1 atom stereocenters. The van der Waals surface area contributed by atoms with Crippen molar-refractivity contribution in [1.29, 1.82) is 0 Å². The quantitative estimate of drug-likeness (QED) is 0.842. The molecular formula is C14H23N3O. The van der Waals surface area contributed by atoms with Gasteiger partial charge in [0, 0.05) is 5.69 Å². The van der Waals surface area contributed by atoms with Crippen molar-refractivity contribution in [3.63, 3.8) is 0 Å². The van der Waals surface area contributed by atoms with Gasteiger partial charge in [0.15, 0.2) is 0 Å². The fraction of sp³-hybridized carbons (Fsp3) is 0.571. The summed E-state index contributed by atoms with van der Waals surface area (Å²) in [7, 11) is 0. The molecule has 4 heteroatoms. The molecule has 1 heterocycles. The number of hydrogen-bond donors (Lipinski definition) is 2. The highest BCUT2D eigenvalue weighted by atomic mass is 16.2. The highest BCUT2D eigenvalue weighted by molar-refractivity contribution is 5.95. The summed E-state index contributed by atoms with van der Waals surface area (Å²) >= 11 is 0. The number of aromatic nitrogens is 1. The zero-order chi connectivity index (χ0) is 13.7. The SMILES string of the molecule is Cc1ccc(NC(=O)C(N)CCC(C)C)c(C)n1. The molecule has 0 fully saturated rings. The van der Waals surface area contributed by atoms with E-state index in [-0.39, 0.29) is 5.91 Å². The van der Waals surface area contributed by atoms with E-state index >= 15 is 0 Å². The summed E-state index contributed by atoms with van der Waals surface area (Å²) in [6.07, 6.45) is 1.67. The monoisotopic (exact) mass is 249 g/mol. The van der Waals surface area contributed by atoms with Crippen LogP contribution in [0.2, 0.25) is 0 Å². The Balaban J connectivity index is 2.58. The predicted molar refractivity (Wildman–Crippen MR) is 74.4 cm³/mol. The highest BCUT2D eigenvalue weighted by Crippen LogP contribution is 2.13. The lowest BCUT2D eigenvalue weighted by Gasteiger charge is -2.14. The van der Waals surface area contributed by atoms with Crippen LogP contribution in [0.3, 0.4) is 0 Å². The van der Waals surface area contributed by atoms with Crippen LogP contribution in [0, 0.1) is 19.8 Å². The maximum Gasteiger partial charge on any atom is 0.241 e. The minimum absolute atomic E-state index is 0.135. The maximum absolute atomic E-state index is 11.9. The van der Waals surface area contributed by atoms with Crippen molar-refractivity contribution in [1.82, 2.24) is 4.98 Å². The van der Waals surface area contributed by atoms with Crippen LogP contribution in [0.25, 0.3) is 0 Å². The number of nitrogens with one attached hydrogen (secondary N) is 1. The number of aryl methyl sites for hydroxylation is 2. The molecule has 3 N–H and O–H groups in total. The summed E-state index contributed by atoms with van der Waals surface area (Å²) in [5.41, 5.74) is 8.36. The molecule has 1 unspecified atom stereocenters. The predicted octanol–water partition coefficient (Wildman–Crippen LogP) is 2.40. The number of carbonyl (C=O) groups excluding carboxylic acids is 1. The normalized spacial score (nSPS) is 12.6. The summed E-state index contributed by atoms with van der Waals surface area (Å²) in [5, 5.41) is 2.83. The number of carbonyl (C=O) groups is 1. The number of rotatable bonds is 5. The topological polar surface area (TPSA) is 68.0 Å². The van der Waals surface area contributed by atoms with Gasteiger partial charge in [-0.15, -0.1) is 0 Å². The molecule has 0 aliphatic carbocycles. The number of nitrogens with two attached hydrogens (primary N) is 1. The molecule has 0 bridgehead atoms. The van der Waals surface area contributed by atoms with Crippen molar-refractivity contribution in [3.05, 3.63) is 23.5 Å². The van der Waals surface area contributed by atoms with E-state index in [0.717, 1.165) is 23.5 Å². The molecule has 0 aliphatic heterocycles. The Bertz CT molecular complexity index is 416. The molecule has 0 radical (unpaired) electrons. The van der Waals surface area contributed by atoms with E-state index in [0.29, 0.717) is 12.3 Å². The molecule has 4 nitrogen and oxygen atoms in total. The van der Waals surface area contributed by atoms with Gasteiger partial charge in [0.1, 0.15) is 0 Å². The first kappa shape index (κ1) is 14.6. The first-order valence-electron chi connectivity index (χ1n) is 6.41. The van der Waals surface area contributed by atoms with E-state index < -0.39 is 6.04 Å². The van der Waals surface area contributed by atoms with Crippen LogP contribution in [-0.2, 0) is 4.79 Å². The van der Waals surface area contributed by atoms with Gasteiger partial charge < -0.3 is 11.1 Å². The van der Waals surface area contributed by atoms with Crippen molar-refractivity contribution >= 4 is 11.6 Å². The smallest absolute Gasteiger partial charge is 0.241 e. The molecule has 1 rings (SSSR count). The Labute approximate surface area is 109 Å². The summed E-state index contributed by atoms with van der Waals surface area (Å²) in [4.78, 5) is 16.2. The molecule has 1 aromatic heterocycles. The molecule has 1 aromatic rings. The van der Waals surface area contributed by atoms with Crippen molar-refractivity contribution in [2.75, 3.05) is 5.32 Å². The van der Waals surface area contributed by atoms with Crippen LogP contribution in [0.5, 0.6) is 0 Å². The van der Waals surface area contributed by atoms with Crippen LogP contribution in [0.4, 0.5) is 5.69 Å². The second-order valence-electron chi connectivity index (χ2n) is 5.15. The summed E-state index contributed by atoms with van der Waals surface area (Å²) in [6.45, 7) is 8.05. The lowest BCUT2D eigenvalue weighted by atomic mass is 10.0. The molecule has 0 saturated heterocycles. The number of anilines is 1. The largest absolute Gasteiger partial charge is 0.323 e. The van der Waals surface area contributed by atoms with Crippen molar-refractivity contribution in [2.45, 2.75) is 46.6 Å². The fourth-order valence-corrected chi connectivity index (χ4v) is 1.69. The number of hydrogen-bond acceptors (Lipinski definition) is 3. The number of nitrogens with zero attached hydrogens (tertiary/aromatic N) is 1. The third kappa shape index (κ3) is 4.45. The van der Waals surface area contributed by atoms with Gasteiger partial charge >= 0.3 is 0 Å². The zero-order valence-corrected chi connectivity index (χ0v) is 11.7. The Morgan fingerprint density at radius 2 is 2.00 bits per heavy atom. The average molecular weight is 249 g/mol. The Hall–Kier alpha value is -1.42. The van der Waals surface area contributed by atoms with Crippen LogP contribution in [0.15, 0.2) is 12.1 Å². The summed E-state index contributed by atoms with van der Waals surface area (Å²) in [6, 6.07) is 3.29. The van der Waals surface area contributed by atoms with Gasteiger partial charge in [-0.1, -0.05) is 13.8 Å². The van der Waals surface area contributed by atoms with Crippen molar-refractivity contribution < 1.29 is 4.79 Å². The van der Waals surface area contributed by atoms with E-state index in [4.69, 9.17) is 5.73 Å². The second-order valence-corrected chi connectivity index (χ2v) is 5.15. The van der Waals surface area contributed by atoms with Gasteiger partial charge in [0.2, 0.25) is 5.91 Å². The number of amides is 1. The second kappa shape index (κ2) is 6.50. The summed E-state index contributed by atoms with van der Waals surface area (Å²) in [5.74, 6) is 0.427. The van der Waals surface area contributed by atoms with Crippen molar-refractivity contribution in [3.8, 4) is 0 Å². The molecule has 0 aliphatic rings. The van der Waals surface area contributed by atoms with Gasteiger partial charge in [0.05, 0.1) is 17.4 Å². The van der Waals surface area contributed by atoms with Crippen LogP contribution >= 0.6 is 0 Å². The van der Waals surface area contributed by atoms with E-state index in [2.05, 4.69) is 24.1 Å². The number of pyridine rings is 1. The molecule has 0 spiro atoms. The van der Waals surface area contributed by atoms with E-state index in [1.807, 2.05) is 26.0 Å². The lowest BCUT2D eigenvalue weighted by Crippen LogP contribution is -2.36. The summed E-state index contributed by atoms with van der Waals surface area (Å²) < 4.78 is 0. The third-order valence-corrected chi connectivity index (χ3v) is 2.87. The van der Waals surface area contributed by atoms with Gasteiger partial charge in [-0.3, -0.25) is 9.78 Å². The first-order chi connectivity index (χ1) is 8.40. The average Bonchev–Trinajstić information content (AvgIpc) is 2.29. The van der Waals surface area contributed by atoms with Gasteiger partial charge in [-0.2, -0.15) is 0 Å². The third-order valence-electron chi connectivity index (χ3n) is 2.87. The molecular weight excluding hydrogens is 226 g/mol. The van der Waals surface area contributed by atoms with Crippen LogP contribution in [0.1, 0.15) is 38.1 Å². The fourth-order valence-electron chi connectivity index (χ4n) is 1.69. The maximum atomic E-state index is 11.9. The first-order valence-corrected chi connectivity index (χ1v) is 6.41. The zero-order valence-electron chi connectivity index (χ0n) is 11.7. The van der Waals surface area contributed by atoms with Gasteiger partial charge in [-0.05, 0) is 44.7 Å². The Kier molecular flexibility index (Phi) is 5.28. The molecule has 100 valence electrons. The van der Waals surface area contributed by atoms with Crippen molar-refractivity contribution in [2.24, 2.45) is 11.7 Å². The molecule has 1 amide bonds. The van der Waals surface area contributed by atoms with Gasteiger partial charge in [-0.25, -0.2) is 0 Å². The minimum Gasteiger partial charge on any atom is -0.323 e. The van der Waals surface area contributed by atoms with E-state index in [1.54, 1.807) is 0 Å². The minimum atomic E-state index is -0.451. The van der Waals surface area contributed by atoms with Crippen LogP contribution in [-0.4, -0.2) is 16.9 Å². The molecule has 18 heavy (non-hydrogen) atoms. The molecule has 0 saturated carbocycles. The van der Waals surface area contributed by atoms with E-state index in [9.17, 15) is 4.79 Å². The van der Waals surface area contributed by atoms with E-state index in [1.165, 1.54) is 0 Å². The van der Waals surface area contributed by atoms with Crippen LogP contribution < -0.4 is 11.1 Å². The Morgan fingerprint density at radius 3 is 2.56 bits per heavy atom. The lowest BCUT2D eigenvalue weighted by molar-refractivity contribution is -0.117.